The van der Waals surface area contributed by atoms with Crippen LogP contribution in [0.3, 0.4) is 0 Å². The molecule has 0 saturated heterocycles. The molecule has 1 spiro atoms. The molecule has 2 aliphatic heterocycles. The maximum atomic E-state index is 15.7. The number of halogens is 1. The van der Waals surface area contributed by atoms with Crippen molar-refractivity contribution in [1.29, 1.82) is 0 Å². The minimum Gasteiger partial charge on any atom is -0.455 e. The van der Waals surface area contributed by atoms with Crippen LogP contribution in [-0.4, -0.2) is 12.6 Å². The molecule has 0 N–H and O–H groups in total. The number of hydrogen-bond donors (Lipinski definition) is 0. The quantitative estimate of drug-likeness (QED) is 0.125. The molecule has 70 heavy (non-hydrogen) atoms. The lowest BCUT2D eigenvalue weighted by atomic mass is 9.82. The van der Waals surface area contributed by atoms with Gasteiger partial charge in [0.1, 0.15) is 22.7 Å². The molecule has 0 amide bonds. The monoisotopic (exact) mass is 930 g/mol. The highest BCUT2D eigenvalue weighted by Crippen LogP contribution is 2.54. The number of pyridine rings is 1. The number of aryl methyl sites for hydroxylation is 1. The predicted octanol–water partition coefficient (Wildman–Crippen LogP) is 15.3. The maximum Gasteiger partial charge on any atom is 0.364 e. The Balaban J connectivity index is 1.34. The van der Waals surface area contributed by atoms with Crippen molar-refractivity contribution >= 4 is 57.0 Å². The van der Waals surface area contributed by atoms with Gasteiger partial charge in [-0.3, -0.25) is 0 Å². The fourth-order valence-corrected chi connectivity index (χ4v) is 13.7. The molecular formula is C64H56FN3OSi+2. The Morgan fingerprint density at radius 2 is 1.34 bits per heavy atom. The second-order valence-electron chi connectivity index (χ2n) is 22.0. The first-order valence-corrected chi connectivity index (χ1v) is 28.1. The van der Waals surface area contributed by atoms with Gasteiger partial charge in [0.25, 0.3) is 0 Å². The zero-order valence-electron chi connectivity index (χ0n) is 42.3. The van der Waals surface area contributed by atoms with Crippen molar-refractivity contribution in [3.8, 4) is 50.6 Å². The van der Waals surface area contributed by atoms with E-state index >= 15 is 4.39 Å². The van der Waals surface area contributed by atoms with E-state index in [-0.39, 0.29) is 11.2 Å². The molecule has 1 atom stereocenters. The number of rotatable bonds is 5. The maximum absolute atomic E-state index is 15.7. The van der Waals surface area contributed by atoms with E-state index in [4.69, 9.17) is 4.42 Å². The number of aromatic nitrogens is 3. The Bertz CT molecular complexity index is 4010. The van der Waals surface area contributed by atoms with Crippen LogP contribution >= 0.6 is 0 Å². The third kappa shape index (κ3) is 5.86. The summed E-state index contributed by atoms with van der Waals surface area (Å²) in [6, 6.07) is 58.4. The summed E-state index contributed by atoms with van der Waals surface area (Å²) in [7, 11) is -2.13. The Morgan fingerprint density at radius 1 is 0.686 bits per heavy atom. The summed E-state index contributed by atoms with van der Waals surface area (Å²) < 4.78 is 40.3. The summed E-state index contributed by atoms with van der Waals surface area (Å²) in [6.07, 6.45) is 2.42. The molecule has 0 radical (unpaired) electrons. The van der Waals surface area contributed by atoms with Crippen molar-refractivity contribution in [2.24, 2.45) is 0 Å². The molecule has 5 heterocycles. The molecule has 8 aromatic carbocycles. The fourth-order valence-electron chi connectivity index (χ4n) is 12.0. The summed E-state index contributed by atoms with van der Waals surface area (Å²) >= 11 is 0. The molecule has 0 fully saturated rings. The molecule has 0 saturated carbocycles. The van der Waals surface area contributed by atoms with Gasteiger partial charge in [0.2, 0.25) is 5.69 Å². The van der Waals surface area contributed by atoms with Crippen molar-refractivity contribution in [3.63, 3.8) is 0 Å². The van der Waals surface area contributed by atoms with Gasteiger partial charge in [-0.25, -0.2) is 4.39 Å². The highest BCUT2D eigenvalue weighted by atomic mass is 28.3. The molecule has 6 heteroatoms. The molecule has 11 aromatic rings. The van der Waals surface area contributed by atoms with Crippen molar-refractivity contribution in [3.05, 3.63) is 204 Å². The van der Waals surface area contributed by atoms with E-state index in [1.165, 1.54) is 10.8 Å². The smallest absolute Gasteiger partial charge is 0.364 e. The lowest BCUT2D eigenvalue weighted by molar-refractivity contribution is -0.944. The Labute approximate surface area is 411 Å². The number of furan rings is 1. The standard InChI is InChI=1S/C64H56FN3OSi/c1-38(2)49-36-55-48-22-16-17-23-52(48)64(66(55)37-57(49)70(7,8)9)53-30-29-47-46-27-24-39(3)32-56(46)69-61(47)58(53)62-67(54-31-25-42-33-44(65)26-28-45(42)60(54)68(62)64)59-50(40-18-12-10-13-19-40)34-43(63(4,5)6)35-51(59)41-20-14-11-15-21-41/h10-38H,1-9H3/q+2/i38D. The van der Waals surface area contributed by atoms with Gasteiger partial charge in [0.05, 0.1) is 24.8 Å². The van der Waals surface area contributed by atoms with Gasteiger partial charge in [0.15, 0.2) is 22.8 Å². The summed E-state index contributed by atoms with van der Waals surface area (Å²) in [5.74, 6) is -0.153. The minimum absolute atomic E-state index is 0.176. The zero-order chi connectivity index (χ0) is 49.1. The van der Waals surface area contributed by atoms with Crippen LogP contribution in [0.5, 0.6) is 0 Å². The topological polar surface area (TPSA) is 25.8 Å². The van der Waals surface area contributed by atoms with Crippen molar-refractivity contribution in [2.75, 3.05) is 0 Å². The molecular weight excluding hydrogens is 874 g/mol. The van der Waals surface area contributed by atoms with E-state index in [0.29, 0.717) is 0 Å². The summed E-state index contributed by atoms with van der Waals surface area (Å²) in [5.41, 5.74) is 16.8. The minimum atomic E-state index is -2.13. The van der Waals surface area contributed by atoms with Crippen LogP contribution in [0.2, 0.25) is 19.6 Å². The molecule has 2 aliphatic rings. The second kappa shape index (κ2) is 14.8. The Kier molecular flexibility index (Phi) is 8.79. The molecule has 3 aromatic heterocycles. The summed E-state index contributed by atoms with van der Waals surface area (Å²) in [4.78, 5) is 0. The first kappa shape index (κ1) is 41.5. The Hall–Kier alpha value is -7.41. The second-order valence-corrected chi connectivity index (χ2v) is 27.0. The molecule has 0 bridgehead atoms. The molecule has 342 valence electrons. The first-order chi connectivity index (χ1) is 33.9. The highest BCUT2D eigenvalue weighted by molar-refractivity contribution is 6.89. The van der Waals surface area contributed by atoms with E-state index in [1.807, 2.05) is 19.9 Å². The van der Waals surface area contributed by atoms with E-state index in [2.05, 4.69) is 213 Å². The first-order valence-electron chi connectivity index (χ1n) is 25.1. The molecule has 0 aliphatic carbocycles. The lowest BCUT2D eigenvalue weighted by Crippen LogP contribution is -2.72. The average Bonchev–Trinajstić information content (AvgIpc) is 4.06. The van der Waals surface area contributed by atoms with Crippen LogP contribution in [0.25, 0.3) is 94.3 Å². The summed E-state index contributed by atoms with van der Waals surface area (Å²) in [5, 5.41) is 5.13. The van der Waals surface area contributed by atoms with E-state index in [1.54, 1.807) is 12.1 Å². The van der Waals surface area contributed by atoms with Crippen molar-refractivity contribution in [2.45, 2.75) is 78.2 Å². The largest absolute Gasteiger partial charge is 0.455 e. The normalized spacial score (nSPS) is 15.5. The number of imidazole rings is 1. The van der Waals surface area contributed by atoms with Gasteiger partial charge in [-0.05, 0) is 124 Å². The molecule has 4 nitrogen and oxygen atoms in total. The lowest BCUT2D eigenvalue weighted by Gasteiger charge is -2.25. The van der Waals surface area contributed by atoms with Crippen molar-refractivity contribution in [1.82, 2.24) is 4.57 Å². The predicted molar refractivity (Wildman–Crippen MR) is 289 cm³/mol. The molecule has 13 rings (SSSR count). The van der Waals surface area contributed by atoms with Crippen LogP contribution in [0.4, 0.5) is 4.39 Å². The van der Waals surface area contributed by atoms with Crippen molar-refractivity contribution < 1.29 is 19.3 Å². The number of hydrogen-bond acceptors (Lipinski definition) is 1. The number of nitrogens with zero attached hydrogens (tertiary/aromatic N) is 3. The average molecular weight is 931 g/mol. The Morgan fingerprint density at radius 3 is 2.01 bits per heavy atom. The van der Waals surface area contributed by atoms with Crippen LogP contribution in [-0.2, 0) is 11.1 Å². The van der Waals surface area contributed by atoms with E-state index < -0.39 is 19.6 Å². The SMILES string of the molecule is [2H]C(C)(C)c1cc2[n+](cc1[Si](C)(C)C)C1(c3ccccc3-2)c2ccc3c(oc4cc(C)ccc43)c2-c2n(-c3c(-c4ccccc4)cc(C(C)(C)C)cc3-c3ccccc3)c3ccc4cc(F)ccc4c3[n+]21. The summed E-state index contributed by atoms with van der Waals surface area (Å²) in [6.45, 7) is 20.2. The number of benzene rings is 8. The van der Waals surface area contributed by atoms with Gasteiger partial charge in [0, 0.05) is 39.9 Å². The van der Waals surface area contributed by atoms with Gasteiger partial charge in [-0.1, -0.05) is 139 Å². The van der Waals surface area contributed by atoms with E-state index in [9.17, 15) is 1.37 Å². The van der Waals surface area contributed by atoms with Gasteiger partial charge in [-0.15, -0.1) is 9.13 Å². The van der Waals surface area contributed by atoms with E-state index in [0.717, 1.165) is 117 Å². The third-order valence-electron chi connectivity index (χ3n) is 15.3. The number of fused-ring (bicyclic) bond motifs is 18. The zero-order valence-corrected chi connectivity index (χ0v) is 42.3. The third-order valence-corrected chi connectivity index (χ3v) is 17.3. The molecule has 1 unspecified atom stereocenters. The van der Waals surface area contributed by atoms with Crippen LogP contribution in [0.1, 0.15) is 69.7 Å². The van der Waals surface area contributed by atoms with Gasteiger partial charge >= 0.3 is 11.5 Å². The van der Waals surface area contributed by atoms with Gasteiger partial charge in [-0.2, -0.15) is 4.57 Å². The van der Waals surface area contributed by atoms with Crippen LogP contribution in [0, 0.1) is 12.7 Å². The van der Waals surface area contributed by atoms with Crippen LogP contribution in [0.15, 0.2) is 174 Å². The van der Waals surface area contributed by atoms with Crippen LogP contribution < -0.4 is 14.3 Å². The fraction of sp³-hybridized carbons (Fsp3) is 0.188. The highest BCUT2D eigenvalue weighted by Gasteiger charge is 2.67. The van der Waals surface area contributed by atoms with Gasteiger partial charge < -0.3 is 4.42 Å².